The lowest BCUT2D eigenvalue weighted by Gasteiger charge is -2.47. The number of carbonyl (C=O) groups is 3. The Morgan fingerprint density at radius 2 is 1.58 bits per heavy atom. The second-order valence-electron chi connectivity index (χ2n) is 20.2. The van der Waals surface area contributed by atoms with E-state index in [0.717, 1.165) is 0 Å². The van der Waals surface area contributed by atoms with E-state index in [4.69, 9.17) is 61.1 Å². The smallest absolute Gasteiger partial charge is 0.342 e. The predicted molar refractivity (Wildman–Crippen MR) is 270 cm³/mol. The van der Waals surface area contributed by atoms with Gasteiger partial charge in [0.15, 0.2) is 36.3 Å². The number of rotatable bonds is 13. The van der Waals surface area contributed by atoms with Crippen molar-refractivity contribution >= 4 is 41.1 Å². The number of aromatic hydroxyl groups is 2. The van der Waals surface area contributed by atoms with E-state index in [-0.39, 0.29) is 35.4 Å². The van der Waals surface area contributed by atoms with Gasteiger partial charge in [-0.3, -0.25) is 4.79 Å². The first-order valence-corrected chi connectivity index (χ1v) is 25.3. The Labute approximate surface area is 438 Å². The van der Waals surface area contributed by atoms with E-state index in [0.29, 0.717) is 23.1 Å². The molecule has 3 aliphatic heterocycles. The molecule has 0 amide bonds. The zero-order chi connectivity index (χ0) is 55.0. The number of esters is 3. The summed E-state index contributed by atoms with van der Waals surface area (Å²) in [5, 5.41) is 77.0. The van der Waals surface area contributed by atoms with Crippen molar-refractivity contribution in [2.45, 2.75) is 194 Å². The summed E-state index contributed by atoms with van der Waals surface area (Å²) in [7, 11) is 1.26. The van der Waals surface area contributed by atoms with Crippen molar-refractivity contribution in [2.75, 3.05) is 13.7 Å². The van der Waals surface area contributed by atoms with E-state index in [1.165, 1.54) is 40.0 Å². The lowest BCUT2D eigenvalue weighted by Crippen LogP contribution is -2.64. The highest BCUT2D eigenvalue weighted by atomic mass is 35.5. The van der Waals surface area contributed by atoms with Gasteiger partial charge < -0.3 is 73.6 Å². The van der Waals surface area contributed by atoms with Gasteiger partial charge in [0, 0.05) is 19.4 Å². The first-order chi connectivity index (χ1) is 34.0. The third-order valence-corrected chi connectivity index (χ3v) is 14.0. The SMILES string of the molecule is CCc1c(Cl)c(O)c(Cl)c(O)c1C(=O)OC1C(C)OC(OC/C2=C\C=C\CC(O)/C(C)=C/C(CC)C(OC3OC(C)(C)C(OC(=O)C(C)C)C(O)C3O)/C(C)=C/C(C)=C/CC(C(C)(C)O)OC2=O)C(OC)C1O. The zero-order valence-corrected chi connectivity index (χ0v) is 45.5. The van der Waals surface area contributed by atoms with Gasteiger partial charge in [0.2, 0.25) is 0 Å². The first kappa shape index (κ1) is 61.7. The molecule has 2 fully saturated rings. The van der Waals surface area contributed by atoms with Gasteiger partial charge in [-0.25, -0.2) is 9.59 Å². The fourth-order valence-corrected chi connectivity index (χ4v) is 9.28. The molecule has 13 atom stereocenters. The number of aliphatic hydroxyl groups excluding tert-OH is 4. The van der Waals surface area contributed by atoms with Gasteiger partial charge in [0.1, 0.15) is 46.7 Å². The molecule has 0 saturated carbocycles. The minimum absolute atomic E-state index is 0.0431. The Morgan fingerprint density at radius 1 is 0.918 bits per heavy atom. The van der Waals surface area contributed by atoms with E-state index in [9.17, 15) is 50.1 Å². The predicted octanol–water partition coefficient (Wildman–Crippen LogP) is 6.62. The summed E-state index contributed by atoms with van der Waals surface area (Å²) >= 11 is 12.3. The van der Waals surface area contributed by atoms with Gasteiger partial charge >= 0.3 is 17.9 Å². The number of phenols is 2. The number of cyclic esters (lactones) is 1. The molecule has 0 aromatic heterocycles. The van der Waals surface area contributed by atoms with Crippen LogP contribution in [0, 0.1) is 11.8 Å². The molecule has 2 saturated heterocycles. The number of hydrogen-bond donors (Lipinski definition) is 7. The van der Waals surface area contributed by atoms with Crippen molar-refractivity contribution in [1.82, 2.24) is 0 Å². The van der Waals surface area contributed by atoms with Gasteiger partial charge in [-0.05, 0) is 97.4 Å². The summed E-state index contributed by atoms with van der Waals surface area (Å²) in [6.45, 7) is 19.6. The van der Waals surface area contributed by atoms with Gasteiger partial charge in [-0.1, -0.05) is 86.9 Å². The molecular formula is C53H76Cl2O18. The molecule has 13 unspecified atom stereocenters. The highest BCUT2D eigenvalue weighted by Crippen LogP contribution is 2.45. The molecule has 0 aliphatic carbocycles. The monoisotopic (exact) mass is 1070 g/mol. The fraction of sp³-hybridized carbons (Fsp3) is 0.642. The zero-order valence-electron chi connectivity index (χ0n) is 44.0. The van der Waals surface area contributed by atoms with Gasteiger partial charge in [0.25, 0.3) is 0 Å². The second kappa shape index (κ2) is 26.2. The molecule has 18 nitrogen and oxygen atoms in total. The number of methoxy groups -OCH3 is 1. The molecule has 20 heteroatoms. The quantitative estimate of drug-likeness (QED) is 0.0621. The molecule has 73 heavy (non-hydrogen) atoms. The third-order valence-electron chi connectivity index (χ3n) is 13.2. The number of carbonyl (C=O) groups excluding carboxylic acids is 3. The number of aliphatic hydroxyl groups is 5. The average Bonchev–Trinajstić information content (AvgIpc) is 3.31. The molecule has 3 heterocycles. The van der Waals surface area contributed by atoms with Crippen LogP contribution in [0.3, 0.4) is 0 Å². The minimum atomic E-state index is -1.61. The van der Waals surface area contributed by atoms with Crippen molar-refractivity contribution in [1.29, 1.82) is 0 Å². The molecular weight excluding hydrogens is 995 g/mol. The first-order valence-electron chi connectivity index (χ1n) is 24.5. The van der Waals surface area contributed by atoms with Crippen LogP contribution in [0.1, 0.15) is 118 Å². The molecule has 0 radical (unpaired) electrons. The van der Waals surface area contributed by atoms with Crippen molar-refractivity contribution in [3.05, 3.63) is 79.9 Å². The van der Waals surface area contributed by atoms with Gasteiger partial charge in [-0.15, -0.1) is 0 Å². The van der Waals surface area contributed by atoms with Gasteiger partial charge in [-0.2, -0.15) is 0 Å². The molecule has 0 bridgehead atoms. The van der Waals surface area contributed by atoms with Crippen LogP contribution in [0.25, 0.3) is 0 Å². The number of halogens is 2. The highest BCUT2D eigenvalue weighted by molar-refractivity contribution is 6.39. The largest absolute Gasteiger partial charge is 0.505 e. The Hall–Kier alpha value is -3.89. The lowest BCUT2D eigenvalue weighted by molar-refractivity contribution is -0.333. The number of hydrogen-bond acceptors (Lipinski definition) is 18. The molecule has 1 aromatic carbocycles. The molecule has 0 spiro atoms. The van der Waals surface area contributed by atoms with Crippen LogP contribution in [0.2, 0.25) is 10.0 Å². The highest BCUT2D eigenvalue weighted by Gasteiger charge is 2.53. The van der Waals surface area contributed by atoms with E-state index in [1.54, 1.807) is 53.7 Å². The van der Waals surface area contributed by atoms with Crippen LogP contribution in [-0.4, -0.2) is 152 Å². The lowest BCUT2D eigenvalue weighted by atomic mass is 9.88. The second-order valence-corrected chi connectivity index (χ2v) is 21.0. The van der Waals surface area contributed by atoms with Crippen LogP contribution in [0.5, 0.6) is 11.5 Å². The van der Waals surface area contributed by atoms with E-state index < -0.39 is 143 Å². The third kappa shape index (κ3) is 15.2. The van der Waals surface area contributed by atoms with Gasteiger partial charge in [0.05, 0.1) is 47.0 Å². The van der Waals surface area contributed by atoms with Crippen LogP contribution < -0.4 is 0 Å². The van der Waals surface area contributed by atoms with Crippen LogP contribution in [0.15, 0.2) is 58.7 Å². The number of allylic oxidation sites excluding steroid dienone is 4. The molecule has 4 rings (SSSR count). The van der Waals surface area contributed by atoms with Crippen LogP contribution >= 0.6 is 23.2 Å². The Balaban J connectivity index is 1.63. The molecule has 3 aliphatic rings. The number of phenolic OH excluding ortho intramolecular Hbond substituents is 2. The average molecular weight is 1070 g/mol. The summed E-state index contributed by atoms with van der Waals surface area (Å²) in [6, 6.07) is 0. The standard InChI is InChI=1S/C53H76Cl2O18/c1-14-30-23-27(6)33(56)19-17-16-18-31(24-67-51-45(66-13)42(61)44(29(8)68-51)70-49(64)35-32(15-2)36(54)39(58)37(55)38(35)57)48(63)69-34(52(9,10)65)21-20-26(5)22-28(7)43(30)71-50-41(60)40(59)46(53(11,12)73-50)72-47(62)25(3)4/h16-18,20,22-23,25,29-30,33-34,40-46,50-51,56-61,65H,14-15,19,21,24H2,1-13H3/b17-16+,26-20+,27-23+,28-22+,31-18+. The summed E-state index contributed by atoms with van der Waals surface area (Å²) < 4.78 is 47.7. The normalized spacial score (nSPS) is 34.3. The number of benzene rings is 1. The topological polar surface area (TPSA) is 267 Å². The van der Waals surface area contributed by atoms with Crippen LogP contribution in [0.4, 0.5) is 0 Å². The van der Waals surface area contributed by atoms with Crippen molar-refractivity contribution in [3.63, 3.8) is 0 Å². The molecule has 1 aromatic rings. The summed E-state index contributed by atoms with van der Waals surface area (Å²) in [4.78, 5) is 40.2. The van der Waals surface area contributed by atoms with Crippen LogP contribution in [-0.2, 0) is 53.9 Å². The summed E-state index contributed by atoms with van der Waals surface area (Å²) in [5.41, 5.74) is -1.27. The fourth-order valence-electron chi connectivity index (χ4n) is 8.72. The number of ether oxygens (including phenoxy) is 8. The summed E-state index contributed by atoms with van der Waals surface area (Å²) in [5.74, 6) is -4.80. The Morgan fingerprint density at radius 3 is 2.16 bits per heavy atom. The maximum atomic E-state index is 14.1. The van der Waals surface area contributed by atoms with E-state index in [1.807, 2.05) is 32.9 Å². The van der Waals surface area contributed by atoms with Crippen molar-refractivity contribution in [2.24, 2.45) is 11.8 Å². The Bertz CT molecular complexity index is 2260. The summed E-state index contributed by atoms with van der Waals surface area (Å²) in [6.07, 6.45) is -4.43. The van der Waals surface area contributed by atoms with Crippen molar-refractivity contribution in [3.8, 4) is 11.5 Å². The van der Waals surface area contributed by atoms with Crippen molar-refractivity contribution < 1.29 is 88.0 Å². The maximum absolute atomic E-state index is 14.1. The van der Waals surface area contributed by atoms with E-state index >= 15 is 0 Å². The Kier molecular flexibility index (Phi) is 22.2. The van der Waals surface area contributed by atoms with E-state index in [2.05, 4.69) is 0 Å². The molecule has 7 N–H and O–H groups in total. The molecule has 410 valence electrons. The minimum Gasteiger partial charge on any atom is -0.505 e. The maximum Gasteiger partial charge on any atom is 0.342 e.